The van der Waals surface area contributed by atoms with Crippen molar-refractivity contribution in [3.63, 3.8) is 0 Å². The van der Waals surface area contributed by atoms with Gasteiger partial charge in [0.1, 0.15) is 5.75 Å². The summed E-state index contributed by atoms with van der Waals surface area (Å²) >= 11 is 0. The van der Waals surface area contributed by atoms with E-state index in [-0.39, 0.29) is 0 Å². The van der Waals surface area contributed by atoms with Crippen LogP contribution in [0.15, 0.2) is 12.1 Å². The average Bonchev–Trinajstić information content (AvgIpc) is 2.36. The highest BCUT2D eigenvalue weighted by atomic mass is 16.3. The number of hydrogen-bond donors (Lipinski definition) is 2. The molecule has 2 heteroatoms. The van der Waals surface area contributed by atoms with Crippen molar-refractivity contribution >= 4 is 5.69 Å². The van der Waals surface area contributed by atoms with Crippen LogP contribution in [0.5, 0.6) is 5.75 Å². The molecule has 0 amide bonds. The molecule has 2 rings (SSSR count). The van der Waals surface area contributed by atoms with Crippen molar-refractivity contribution in [3.8, 4) is 5.75 Å². The molecule has 0 spiro atoms. The number of aryl methyl sites for hydroxylation is 2. The molecule has 0 heterocycles. The Hall–Kier alpha value is -1.18. The molecule has 0 aromatic heterocycles. The monoisotopic (exact) mass is 261 g/mol. The molecule has 2 nitrogen and oxygen atoms in total. The van der Waals surface area contributed by atoms with E-state index in [9.17, 15) is 5.11 Å². The van der Waals surface area contributed by atoms with Crippen LogP contribution in [-0.2, 0) is 0 Å². The van der Waals surface area contributed by atoms with Gasteiger partial charge >= 0.3 is 0 Å². The van der Waals surface area contributed by atoms with Crippen molar-refractivity contribution in [2.24, 2.45) is 11.8 Å². The molecular weight excluding hydrogens is 234 g/mol. The molecule has 0 aliphatic heterocycles. The molecule has 1 saturated carbocycles. The molecule has 1 aliphatic rings. The molecule has 0 bridgehead atoms. The molecule has 2 atom stereocenters. The van der Waals surface area contributed by atoms with Gasteiger partial charge in [0.15, 0.2) is 0 Å². The standard InChI is InChI=1S/C17H27NO/c1-11(2)14-6-5-7-15(10-14)18-16-8-13(4)17(19)9-12(16)3/h8-9,11,14-15,18-19H,5-7,10H2,1-4H3. The van der Waals surface area contributed by atoms with Crippen LogP contribution >= 0.6 is 0 Å². The minimum atomic E-state index is 0.395. The number of phenolic OH excluding ortho intramolecular Hbond substituents is 1. The predicted octanol–water partition coefficient (Wildman–Crippen LogP) is 4.64. The Morgan fingerprint density at radius 3 is 2.58 bits per heavy atom. The maximum atomic E-state index is 9.72. The Morgan fingerprint density at radius 1 is 1.16 bits per heavy atom. The summed E-state index contributed by atoms with van der Waals surface area (Å²) in [7, 11) is 0. The number of phenols is 1. The number of anilines is 1. The van der Waals surface area contributed by atoms with Crippen molar-refractivity contribution < 1.29 is 5.11 Å². The number of aromatic hydroxyl groups is 1. The fourth-order valence-electron chi connectivity index (χ4n) is 3.14. The first-order chi connectivity index (χ1) is 8.97. The zero-order chi connectivity index (χ0) is 14.0. The van der Waals surface area contributed by atoms with Gasteiger partial charge in [0.25, 0.3) is 0 Å². The Balaban J connectivity index is 2.06. The highest BCUT2D eigenvalue weighted by Crippen LogP contribution is 2.33. The lowest BCUT2D eigenvalue weighted by Crippen LogP contribution is -2.29. The van der Waals surface area contributed by atoms with E-state index in [1.54, 1.807) is 0 Å². The van der Waals surface area contributed by atoms with E-state index in [1.807, 2.05) is 13.0 Å². The SMILES string of the molecule is Cc1cc(NC2CCCC(C(C)C)C2)c(C)cc1O. The number of rotatable bonds is 3. The van der Waals surface area contributed by atoms with E-state index in [0.29, 0.717) is 11.8 Å². The third-order valence-corrected chi connectivity index (χ3v) is 4.56. The summed E-state index contributed by atoms with van der Waals surface area (Å²) < 4.78 is 0. The number of hydrogen-bond acceptors (Lipinski definition) is 2. The van der Waals surface area contributed by atoms with Gasteiger partial charge in [0.05, 0.1) is 0 Å². The second-order valence-corrected chi connectivity index (χ2v) is 6.47. The summed E-state index contributed by atoms with van der Waals surface area (Å²) in [5, 5.41) is 13.4. The van der Waals surface area contributed by atoms with Gasteiger partial charge in [0, 0.05) is 11.7 Å². The lowest BCUT2D eigenvalue weighted by molar-refractivity contribution is 0.264. The second kappa shape index (κ2) is 5.85. The quantitative estimate of drug-likeness (QED) is 0.777. The van der Waals surface area contributed by atoms with Crippen LogP contribution in [0.25, 0.3) is 0 Å². The van der Waals surface area contributed by atoms with Crippen molar-refractivity contribution in [1.29, 1.82) is 0 Å². The smallest absolute Gasteiger partial charge is 0.118 e. The van der Waals surface area contributed by atoms with Crippen LogP contribution in [-0.4, -0.2) is 11.1 Å². The molecule has 1 aromatic rings. The Kier molecular flexibility index (Phi) is 4.38. The molecule has 0 saturated heterocycles. The highest BCUT2D eigenvalue weighted by Gasteiger charge is 2.24. The van der Waals surface area contributed by atoms with Crippen molar-refractivity contribution in [2.45, 2.75) is 59.4 Å². The van der Waals surface area contributed by atoms with Crippen LogP contribution in [0.2, 0.25) is 0 Å². The van der Waals surface area contributed by atoms with E-state index in [1.165, 1.54) is 31.4 Å². The average molecular weight is 261 g/mol. The van der Waals surface area contributed by atoms with Gasteiger partial charge in [0.2, 0.25) is 0 Å². The minimum Gasteiger partial charge on any atom is -0.508 e. The van der Waals surface area contributed by atoms with Crippen LogP contribution in [0.3, 0.4) is 0 Å². The van der Waals surface area contributed by atoms with Crippen molar-refractivity contribution in [1.82, 2.24) is 0 Å². The molecule has 2 unspecified atom stereocenters. The summed E-state index contributed by atoms with van der Waals surface area (Å²) in [5.74, 6) is 2.03. The van der Waals surface area contributed by atoms with Gasteiger partial charge < -0.3 is 10.4 Å². The molecule has 106 valence electrons. The lowest BCUT2D eigenvalue weighted by atomic mass is 9.79. The molecule has 1 aromatic carbocycles. The summed E-state index contributed by atoms with van der Waals surface area (Å²) in [6.07, 6.45) is 5.25. The van der Waals surface area contributed by atoms with Crippen LogP contribution < -0.4 is 5.32 Å². The molecule has 1 aliphatic carbocycles. The third-order valence-electron chi connectivity index (χ3n) is 4.56. The maximum Gasteiger partial charge on any atom is 0.118 e. The maximum absolute atomic E-state index is 9.72. The van der Waals surface area contributed by atoms with Gasteiger partial charge in [-0.15, -0.1) is 0 Å². The van der Waals surface area contributed by atoms with E-state index in [4.69, 9.17) is 0 Å². The van der Waals surface area contributed by atoms with E-state index < -0.39 is 0 Å². The zero-order valence-electron chi connectivity index (χ0n) is 12.7. The topological polar surface area (TPSA) is 32.3 Å². The molecular formula is C17H27NO. The summed E-state index contributed by atoms with van der Waals surface area (Å²) in [6.45, 7) is 8.69. The van der Waals surface area contributed by atoms with Gasteiger partial charge in [-0.1, -0.05) is 26.7 Å². The van der Waals surface area contributed by atoms with Gasteiger partial charge in [-0.25, -0.2) is 0 Å². The predicted molar refractivity (Wildman–Crippen MR) is 81.8 cm³/mol. The van der Waals surface area contributed by atoms with Crippen LogP contribution in [0.4, 0.5) is 5.69 Å². The first kappa shape index (κ1) is 14.2. The van der Waals surface area contributed by atoms with Crippen molar-refractivity contribution in [2.75, 3.05) is 5.32 Å². The van der Waals surface area contributed by atoms with Gasteiger partial charge in [-0.2, -0.15) is 0 Å². The van der Waals surface area contributed by atoms with Crippen molar-refractivity contribution in [3.05, 3.63) is 23.3 Å². The summed E-state index contributed by atoms with van der Waals surface area (Å²) in [6, 6.07) is 4.52. The Labute approximate surface area is 117 Å². The molecule has 0 radical (unpaired) electrons. The third kappa shape index (κ3) is 3.43. The molecule has 2 N–H and O–H groups in total. The first-order valence-corrected chi connectivity index (χ1v) is 7.54. The lowest BCUT2D eigenvalue weighted by Gasteiger charge is -2.33. The minimum absolute atomic E-state index is 0.395. The number of nitrogens with one attached hydrogen (secondary N) is 1. The summed E-state index contributed by atoms with van der Waals surface area (Å²) in [4.78, 5) is 0. The molecule has 1 fully saturated rings. The van der Waals surface area contributed by atoms with Crippen LogP contribution in [0, 0.1) is 25.7 Å². The van der Waals surface area contributed by atoms with E-state index in [0.717, 1.165) is 23.0 Å². The molecule has 19 heavy (non-hydrogen) atoms. The summed E-state index contributed by atoms with van der Waals surface area (Å²) in [5.41, 5.74) is 3.27. The van der Waals surface area contributed by atoms with Crippen LogP contribution in [0.1, 0.15) is 50.7 Å². The van der Waals surface area contributed by atoms with Gasteiger partial charge in [-0.3, -0.25) is 0 Å². The first-order valence-electron chi connectivity index (χ1n) is 7.54. The normalized spacial score (nSPS) is 23.6. The Bertz CT molecular complexity index is 439. The highest BCUT2D eigenvalue weighted by molar-refractivity contribution is 5.57. The van der Waals surface area contributed by atoms with E-state index in [2.05, 4.69) is 32.2 Å². The fourth-order valence-corrected chi connectivity index (χ4v) is 3.14. The number of benzene rings is 1. The fraction of sp³-hybridized carbons (Fsp3) is 0.647. The zero-order valence-corrected chi connectivity index (χ0v) is 12.7. The van der Waals surface area contributed by atoms with E-state index >= 15 is 0 Å². The van der Waals surface area contributed by atoms with Gasteiger partial charge in [-0.05, 0) is 61.8 Å². The Morgan fingerprint density at radius 2 is 1.89 bits per heavy atom. The second-order valence-electron chi connectivity index (χ2n) is 6.47. The largest absolute Gasteiger partial charge is 0.508 e.